The van der Waals surface area contributed by atoms with Gasteiger partial charge in [0, 0.05) is 35.9 Å². The number of β-amino-alcohol motifs (C(OH)–C–C–N with tert-alkyl or cyclic N) is 1. The normalized spacial score (nSPS) is 13.8. The van der Waals surface area contributed by atoms with Crippen molar-refractivity contribution in [3.05, 3.63) is 84.1 Å². The van der Waals surface area contributed by atoms with Gasteiger partial charge >= 0.3 is 6.03 Å². The number of carbonyl (C=O) groups excluding carboxylic acids is 2. The Morgan fingerprint density at radius 2 is 1.75 bits per heavy atom. The van der Waals surface area contributed by atoms with E-state index in [-0.39, 0.29) is 24.5 Å². The maximum absolute atomic E-state index is 15.0. The molecule has 1 unspecified atom stereocenters. The lowest BCUT2D eigenvalue weighted by molar-refractivity contribution is -0.119. The molecule has 4 aromatic rings. The number of imide groups is 1. The first kappa shape index (κ1) is 30.6. The highest BCUT2D eigenvalue weighted by Gasteiger charge is 2.19. The van der Waals surface area contributed by atoms with Crippen LogP contribution < -0.4 is 24.8 Å². The Morgan fingerprint density at radius 1 is 0.977 bits per heavy atom. The van der Waals surface area contributed by atoms with Gasteiger partial charge in [-0.05, 0) is 67.9 Å². The SMILES string of the molecule is COc1cc2c(Oc3ccc(NC(=O)NC(=O)Cc4ccc(F)cc4)cc3F)ccnc2cc1OCC(O)CN1CCCC1. The van der Waals surface area contributed by atoms with Crippen LogP contribution in [-0.2, 0) is 11.2 Å². The monoisotopic (exact) mass is 606 g/mol. The predicted octanol–water partition coefficient (Wildman–Crippen LogP) is 5.04. The largest absolute Gasteiger partial charge is 0.493 e. The van der Waals surface area contributed by atoms with Gasteiger partial charge in [0.05, 0.1) is 19.0 Å². The van der Waals surface area contributed by atoms with E-state index < -0.39 is 29.7 Å². The molecular weight excluding hydrogens is 574 g/mol. The average molecular weight is 607 g/mol. The van der Waals surface area contributed by atoms with E-state index in [1.54, 1.807) is 18.2 Å². The first-order chi connectivity index (χ1) is 21.3. The lowest BCUT2D eigenvalue weighted by Crippen LogP contribution is -2.35. The number of aliphatic hydroxyl groups excluding tert-OH is 1. The lowest BCUT2D eigenvalue weighted by atomic mass is 10.1. The van der Waals surface area contributed by atoms with E-state index in [2.05, 4.69) is 20.5 Å². The quantitative estimate of drug-likeness (QED) is 0.217. The van der Waals surface area contributed by atoms with Crippen molar-refractivity contribution >= 4 is 28.5 Å². The van der Waals surface area contributed by atoms with E-state index in [1.807, 2.05) is 0 Å². The van der Waals surface area contributed by atoms with E-state index >= 15 is 4.39 Å². The Labute approximate surface area is 252 Å². The molecule has 0 spiro atoms. The minimum atomic E-state index is -0.848. The third-order valence-corrected chi connectivity index (χ3v) is 7.03. The predicted molar refractivity (Wildman–Crippen MR) is 159 cm³/mol. The van der Waals surface area contributed by atoms with Crippen molar-refractivity contribution in [1.82, 2.24) is 15.2 Å². The summed E-state index contributed by atoms with van der Waals surface area (Å²) in [6.45, 7) is 2.56. The Bertz CT molecular complexity index is 1630. The maximum atomic E-state index is 15.0. The van der Waals surface area contributed by atoms with Gasteiger partial charge in [-0.3, -0.25) is 15.1 Å². The van der Waals surface area contributed by atoms with Crippen LogP contribution in [0, 0.1) is 11.6 Å². The molecular formula is C32H32F2N4O6. The number of hydrogen-bond acceptors (Lipinski definition) is 8. The molecule has 1 aliphatic heterocycles. The Balaban J connectivity index is 1.22. The molecule has 1 saturated heterocycles. The second kappa shape index (κ2) is 14.1. The van der Waals surface area contributed by atoms with Crippen LogP contribution in [0.1, 0.15) is 18.4 Å². The highest BCUT2D eigenvalue weighted by molar-refractivity contribution is 6.01. The number of nitrogens with zero attached hydrogens (tertiary/aromatic N) is 2. The molecule has 10 nitrogen and oxygen atoms in total. The minimum Gasteiger partial charge on any atom is -0.493 e. The summed E-state index contributed by atoms with van der Waals surface area (Å²) in [6, 6.07) is 13.2. The van der Waals surface area contributed by atoms with Crippen LogP contribution in [0.5, 0.6) is 23.0 Å². The summed E-state index contributed by atoms with van der Waals surface area (Å²) in [5, 5.41) is 15.5. The number of carbonyl (C=O) groups is 2. The number of halogens is 2. The van der Waals surface area contributed by atoms with Crippen LogP contribution in [0.25, 0.3) is 10.9 Å². The molecule has 44 heavy (non-hydrogen) atoms. The molecule has 12 heteroatoms. The van der Waals surface area contributed by atoms with E-state index in [0.717, 1.165) is 32.0 Å². The van der Waals surface area contributed by atoms with Gasteiger partial charge in [0.25, 0.3) is 0 Å². The molecule has 0 aliphatic carbocycles. The topological polar surface area (TPSA) is 122 Å². The van der Waals surface area contributed by atoms with Gasteiger partial charge in [-0.1, -0.05) is 12.1 Å². The number of anilines is 1. The van der Waals surface area contributed by atoms with Crippen molar-refractivity contribution in [3.8, 4) is 23.0 Å². The summed E-state index contributed by atoms with van der Waals surface area (Å²) in [7, 11) is 1.49. The number of nitrogens with one attached hydrogen (secondary N) is 2. The van der Waals surface area contributed by atoms with Crippen molar-refractivity contribution in [1.29, 1.82) is 0 Å². The summed E-state index contributed by atoms with van der Waals surface area (Å²) in [5.74, 6) is -0.814. The first-order valence-electron chi connectivity index (χ1n) is 14.1. The zero-order valence-corrected chi connectivity index (χ0v) is 24.0. The molecule has 230 valence electrons. The smallest absolute Gasteiger partial charge is 0.325 e. The van der Waals surface area contributed by atoms with E-state index in [9.17, 15) is 19.1 Å². The number of urea groups is 1. The second-order valence-corrected chi connectivity index (χ2v) is 10.4. The number of aliphatic hydroxyl groups is 1. The molecule has 0 bridgehead atoms. The molecule has 1 fully saturated rings. The van der Waals surface area contributed by atoms with Crippen molar-refractivity contribution in [3.63, 3.8) is 0 Å². The number of pyridine rings is 1. The van der Waals surface area contributed by atoms with Crippen molar-refractivity contribution in [2.45, 2.75) is 25.4 Å². The van der Waals surface area contributed by atoms with E-state index in [1.165, 1.54) is 49.7 Å². The summed E-state index contributed by atoms with van der Waals surface area (Å²) in [4.78, 5) is 31.0. The third kappa shape index (κ3) is 7.97. The zero-order valence-electron chi connectivity index (χ0n) is 24.0. The van der Waals surface area contributed by atoms with E-state index in [0.29, 0.717) is 40.3 Å². The van der Waals surface area contributed by atoms with Crippen LogP contribution in [0.15, 0.2) is 66.9 Å². The van der Waals surface area contributed by atoms with E-state index in [4.69, 9.17) is 14.2 Å². The van der Waals surface area contributed by atoms with Crippen LogP contribution in [0.2, 0.25) is 0 Å². The Hall–Kier alpha value is -4.81. The molecule has 0 saturated carbocycles. The molecule has 2 heterocycles. The van der Waals surface area contributed by atoms with Crippen LogP contribution in [0.4, 0.5) is 19.3 Å². The number of rotatable bonds is 11. The van der Waals surface area contributed by atoms with Gasteiger partial charge in [0.15, 0.2) is 23.1 Å². The maximum Gasteiger partial charge on any atom is 0.325 e. The fourth-order valence-electron chi connectivity index (χ4n) is 4.89. The fourth-order valence-corrected chi connectivity index (χ4v) is 4.89. The minimum absolute atomic E-state index is 0.0839. The number of hydrogen-bond donors (Lipinski definition) is 3. The molecule has 1 aromatic heterocycles. The van der Waals surface area contributed by atoms with Gasteiger partial charge in [-0.25, -0.2) is 13.6 Å². The van der Waals surface area contributed by atoms with Gasteiger partial charge in [-0.15, -0.1) is 0 Å². The second-order valence-electron chi connectivity index (χ2n) is 10.4. The number of benzene rings is 3. The van der Waals surface area contributed by atoms with Crippen molar-refractivity contribution in [2.75, 3.05) is 38.7 Å². The number of ether oxygens (including phenoxy) is 3. The number of likely N-dealkylation sites (tertiary alicyclic amines) is 1. The third-order valence-electron chi connectivity index (χ3n) is 7.03. The molecule has 1 aliphatic rings. The number of methoxy groups -OCH3 is 1. The zero-order chi connectivity index (χ0) is 31.1. The molecule has 0 radical (unpaired) electrons. The van der Waals surface area contributed by atoms with Crippen LogP contribution in [-0.4, -0.2) is 66.4 Å². The Kier molecular flexibility index (Phi) is 9.82. The van der Waals surface area contributed by atoms with Gasteiger partial charge < -0.3 is 29.5 Å². The summed E-state index contributed by atoms with van der Waals surface area (Å²) in [5.41, 5.74) is 1.13. The van der Waals surface area contributed by atoms with Crippen LogP contribution in [0.3, 0.4) is 0 Å². The molecule has 1 atom stereocenters. The number of aromatic nitrogens is 1. The molecule has 3 aromatic carbocycles. The summed E-state index contributed by atoms with van der Waals surface area (Å²) in [6.07, 6.45) is 2.98. The number of amides is 3. The average Bonchev–Trinajstić information content (AvgIpc) is 3.51. The highest BCUT2D eigenvalue weighted by Crippen LogP contribution is 2.38. The Morgan fingerprint density at radius 3 is 2.48 bits per heavy atom. The molecule has 5 rings (SSSR count). The van der Waals surface area contributed by atoms with Crippen molar-refractivity contribution in [2.24, 2.45) is 0 Å². The fraction of sp³-hybridized carbons (Fsp3) is 0.281. The highest BCUT2D eigenvalue weighted by atomic mass is 19.1. The van der Waals surface area contributed by atoms with Gasteiger partial charge in [-0.2, -0.15) is 0 Å². The lowest BCUT2D eigenvalue weighted by Gasteiger charge is -2.20. The van der Waals surface area contributed by atoms with Gasteiger partial charge in [0.2, 0.25) is 5.91 Å². The first-order valence-corrected chi connectivity index (χ1v) is 14.1. The summed E-state index contributed by atoms with van der Waals surface area (Å²) >= 11 is 0. The molecule has 3 N–H and O–H groups in total. The standard InChI is InChI=1S/C32H32F2N4O6/c1-42-29-16-24-26(17-30(29)43-19-23(39)18-38-12-2-3-13-38)35-11-10-27(24)44-28-9-8-22(15-25(28)34)36-32(41)37-31(40)14-20-4-6-21(33)7-5-20/h4-11,15-17,23,39H,2-3,12-14,18-19H2,1H3,(H2,36,37,40,41). The molecule has 3 amide bonds. The van der Waals surface area contributed by atoms with Crippen LogP contribution >= 0.6 is 0 Å². The summed E-state index contributed by atoms with van der Waals surface area (Å²) < 4.78 is 45.3. The van der Waals surface area contributed by atoms with Crippen molar-refractivity contribution < 1.29 is 37.7 Å². The number of fused-ring (bicyclic) bond motifs is 1. The van der Waals surface area contributed by atoms with Gasteiger partial charge in [0.1, 0.15) is 24.3 Å².